The monoisotopic (exact) mass is 307 g/mol. The van der Waals surface area contributed by atoms with Crippen molar-refractivity contribution in [2.24, 2.45) is 5.41 Å². The Bertz CT molecular complexity index is 631. The SMILES string of the molecule is CC1(C#N)CCN(C(=O)c2cc(Cl)ccc2[N+](=O)[O-])CC1. The first-order valence-corrected chi connectivity index (χ1v) is 6.88. The summed E-state index contributed by atoms with van der Waals surface area (Å²) in [5.74, 6) is -0.413. The Balaban J connectivity index is 2.24. The van der Waals surface area contributed by atoms with Crippen LogP contribution in [-0.4, -0.2) is 28.8 Å². The highest BCUT2D eigenvalue weighted by atomic mass is 35.5. The lowest BCUT2D eigenvalue weighted by atomic mass is 9.82. The van der Waals surface area contributed by atoms with E-state index >= 15 is 0 Å². The molecular formula is C14H14ClN3O3. The van der Waals surface area contributed by atoms with Gasteiger partial charge in [-0.1, -0.05) is 11.6 Å². The summed E-state index contributed by atoms with van der Waals surface area (Å²) < 4.78 is 0. The fourth-order valence-electron chi connectivity index (χ4n) is 2.32. The number of hydrogen-bond acceptors (Lipinski definition) is 4. The molecule has 7 heteroatoms. The average Bonchev–Trinajstić information content (AvgIpc) is 2.47. The van der Waals surface area contributed by atoms with Crippen LogP contribution in [0.1, 0.15) is 30.1 Å². The van der Waals surface area contributed by atoms with Crippen LogP contribution in [0.25, 0.3) is 0 Å². The van der Waals surface area contributed by atoms with Gasteiger partial charge in [-0.3, -0.25) is 14.9 Å². The van der Waals surface area contributed by atoms with Gasteiger partial charge in [-0.05, 0) is 31.9 Å². The Morgan fingerprint density at radius 1 is 1.48 bits per heavy atom. The topological polar surface area (TPSA) is 87.2 Å². The van der Waals surface area contributed by atoms with Crippen molar-refractivity contribution in [3.63, 3.8) is 0 Å². The van der Waals surface area contributed by atoms with E-state index < -0.39 is 16.2 Å². The number of halogens is 1. The minimum Gasteiger partial charge on any atom is -0.338 e. The largest absolute Gasteiger partial charge is 0.338 e. The van der Waals surface area contributed by atoms with Crippen molar-refractivity contribution in [1.29, 1.82) is 5.26 Å². The van der Waals surface area contributed by atoms with E-state index in [1.54, 1.807) is 0 Å². The van der Waals surface area contributed by atoms with Gasteiger partial charge >= 0.3 is 0 Å². The highest BCUT2D eigenvalue weighted by Crippen LogP contribution is 2.32. The third-order valence-corrected chi connectivity index (χ3v) is 4.04. The van der Waals surface area contributed by atoms with Gasteiger partial charge in [-0.2, -0.15) is 5.26 Å². The highest BCUT2D eigenvalue weighted by molar-refractivity contribution is 6.31. The van der Waals surface area contributed by atoms with Gasteiger partial charge in [0.1, 0.15) is 5.56 Å². The van der Waals surface area contributed by atoms with Gasteiger partial charge in [0.05, 0.1) is 16.4 Å². The van der Waals surface area contributed by atoms with Crippen LogP contribution >= 0.6 is 11.6 Å². The molecule has 0 aromatic heterocycles. The Kier molecular flexibility index (Phi) is 4.14. The highest BCUT2D eigenvalue weighted by Gasteiger charge is 2.34. The van der Waals surface area contributed by atoms with Crippen LogP contribution in [0.15, 0.2) is 18.2 Å². The summed E-state index contributed by atoms with van der Waals surface area (Å²) in [7, 11) is 0. The minimum absolute atomic E-state index is 0.00643. The molecule has 0 N–H and O–H groups in total. The first-order chi connectivity index (χ1) is 9.86. The van der Waals surface area contributed by atoms with Crippen LogP contribution in [0.4, 0.5) is 5.69 Å². The van der Waals surface area contributed by atoms with Crippen LogP contribution in [0.3, 0.4) is 0 Å². The molecule has 1 heterocycles. The predicted octanol–water partition coefficient (Wildman–Crippen LogP) is 3.01. The van der Waals surface area contributed by atoms with Crippen molar-refractivity contribution in [2.45, 2.75) is 19.8 Å². The molecule has 1 aromatic rings. The molecule has 0 saturated carbocycles. The molecule has 1 aromatic carbocycles. The van der Waals surface area contributed by atoms with Gasteiger partial charge in [0.25, 0.3) is 11.6 Å². The lowest BCUT2D eigenvalue weighted by molar-refractivity contribution is -0.385. The van der Waals surface area contributed by atoms with Crippen molar-refractivity contribution < 1.29 is 9.72 Å². The fraction of sp³-hybridized carbons (Fsp3) is 0.429. The molecule has 1 saturated heterocycles. The summed E-state index contributed by atoms with van der Waals surface area (Å²) >= 11 is 5.84. The van der Waals surface area contributed by atoms with Gasteiger partial charge in [0, 0.05) is 24.2 Å². The van der Waals surface area contributed by atoms with Crippen LogP contribution in [0, 0.1) is 26.9 Å². The molecule has 0 radical (unpaired) electrons. The number of amides is 1. The van der Waals surface area contributed by atoms with Gasteiger partial charge in [-0.25, -0.2) is 0 Å². The van der Waals surface area contributed by atoms with E-state index in [-0.39, 0.29) is 16.3 Å². The summed E-state index contributed by atoms with van der Waals surface area (Å²) in [5.41, 5.74) is -0.692. The summed E-state index contributed by atoms with van der Waals surface area (Å²) in [5, 5.41) is 20.4. The van der Waals surface area contributed by atoms with Crippen molar-refractivity contribution in [3.8, 4) is 6.07 Å². The van der Waals surface area contributed by atoms with Crippen molar-refractivity contribution >= 4 is 23.2 Å². The normalized spacial score (nSPS) is 17.1. The molecule has 21 heavy (non-hydrogen) atoms. The standard InChI is InChI=1S/C14H14ClN3O3/c1-14(9-16)4-6-17(7-5-14)13(19)11-8-10(15)2-3-12(11)18(20)21/h2-3,8H,4-7H2,1H3. The Hall–Kier alpha value is -2.13. The van der Waals surface area contributed by atoms with E-state index in [0.717, 1.165) is 0 Å². The van der Waals surface area contributed by atoms with E-state index in [4.69, 9.17) is 16.9 Å². The van der Waals surface area contributed by atoms with E-state index in [0.29, 0.717) is 25.9 Å². The minimum atomic E-state index is -0.590. The van der Waals surface area contributed by atoms with Gasteiger partial charge in [0.15, 0.2) is 0 Å². The molecule has 0 atom stereocenters. The smallest absolute Gasteiger partial charge is 0.282 e. The third-order valence-electron chi connectivity index (χ3n) is 3.81. The van der Waals surface area contributed by atoms with Crippen molar-refractivity contribution in [2.75, 3.05) is 13.1 Å². The van der Waals surface area contributed by atoms with Crippen molar-refractivity contribution in [1.82, 2.24) is 4.90 Å². The number of likely N-dealkylation sites (tertiary alicyclic amines) is 1. The first kappa shape index (κ1) is 15.3. The average molecular weight is 308 g/mol. The number of nitro benzene ring substituents is 1. The number of hydrogen-bond donors (Lipinski definition) is 0. The molecule has 110 valence electrons. The van der Waals surface area contributed by atoms with Crippen LogP contribution in [0.5, 0.6) is 0 Å². The first-order valence-electron chi connectivity index (χ1n) is 6.51. The van der Waals surface area contributed by atoms with Crippen molar-refractivity contribution in [3.05, 3.63) is 38.9 Å². The summed E-state index contributed by atoms with van der Waals surface area (Å²) in [4.78, 5) is 24.4. The van der Waals surface area contributed by atoms with Crippen LogP contribution in [0.2, 0.25) is 5.02 Å². The molecule has 1 amide bonds. The maximum atomic E-state index is 12.5. The zero-order chi connectivity index (χ0) is 15.6. The molecule has 0 unspecified atom stereocenters. The summed E-state index contributed by atoms with van der Waals surface area (Å²) in [6.07, 6.45) is 1.12. The molecule has 0 spiro atoms. The van der Waals surface area contributed by atoms with E-state index in [1.807, 2.05) is 6.92 Å². The van der Waals surface area contributed by atoms with Gasteiger partial charge in [-0.15, -0.1) is 0 Å². The maximum Gasteiger partial charge on any atom is 0.282 e. The number of carbonyl (C=O) groups is 1. The van der Waals surface area contributed by atoms with E-state index in [2.05, 4.69) is 6.07 Å². The second-order valence-electron chi connectivity index (χ2n) is 5.38. The zero-order valence-electron chi connectivity index (χ0n) is 11.5. The van der Waals surface area contributed by atoms with Gasteiger partial charge < -0.3 is 4.90 Å². The summed E-state index contributed by atoms with van der Waals surface area (Å²) in [6, 6.07) is 6.19. The number of benzene rings is 1. The maximum absolute atomic E-state index is 12.5. The predicted molar refractivity (Wildman–Crippen MR) is 77.0 cm³/mol. The lowest BCUT2D eigenvalue weighted by Crippen LogP contribution is -2.41. The number of nitrogens with zero attached hydrogens (tertiary/aromatic N) is 3. The molecule has 1 fully saturated rings. The molecule has 2 rings (SSSR count). The number of nitro groups is 1. The molecule has 1 aliphatic rings. The van der Waals surface area contributed by atoms with Gasteiger partial charge in [0.2, 0.25) is 0 Å². The second-order valence-corrected chi connectivity index (χ2v) is 5.82. The van der Waals surface area contributed by atoms with E-state index in [1.165, 1.54) is 23.1 Å². The van der Waals surface area contributed by atoms with E-state index in [9.17, 15) is 14.9 Å². The fourth-order valence-corrected chi connectivity index (χ4v) is 2.50. The quantitative estimate of drug-likeness (QED) is 0.620. The van der Waals surface area contributed by atoms with Crippen LogP contribution < -0.4 is 0 Å². The number of carbonyl (C=O) groups excluding carboxylic acids is 1. The molecule has 1 aliphatic heterocycles. The third kappa shape index (κ3) is 3.14. The molecule has 6 nitrogen and oxygen atoms in total. The Morgan fingerprint density at radius 2 is 2.10 bits per heavy atom. The zero-order valence-corrected chi connectivity index (χ0v) is 12.3. The van der Waals surface area contributed by atoms with Crippen LogP contribution in [-0.2, 0) is 0 Å². The Labute approximate surface area is 127 Å². The molecule has 0 bridgehead atoms. The molecular weight excluding hydrogens is 294 g/mol. The summed E-state index contributed by atoms with van der Waals surface area (Å²) in [6.45, 7) is 2.68. The lowest BCUT2D eigenvalue weighted by Gasteiger charge is -2.34. The molecule has 0 aliphatic carbocycles. The number of piperidine rings is 1. The second kappa shape index (κ2) is 5.70. The Morgan fingerprint density at radius 3 is 2.62 bits per heavy atom. The number of nitriles is 1. The number of rotatable bonds is 2.